The van der Waals surface area contributed by atoms with Crippen molar-refractivity contribution in [2.75, 3.05) is 210 Å². The van der Waals surface area contributed by atoms with E-state index in [1.165, 1.54) is 0 Å². The molecule has 10 aromatic rings. The highest BCUT2D eigenvalue weighted by Crippen LogP contribution is 2.34. The third kappa shape index (κ3) is 45.9. The van der Waals surface area contributed by atoms with E-state index in [0.29, 0.717) is 153 Å². The summed E-state index contributed by atoms with van der Waals surface area (Å²) in [5.74, 6) is 2.67. The SMILES string of the molecule is CCOCC.Cc1ccc(OCC(=O)NCC(c2ccccc2Cl)N2CCOCC2)cc1.Cc1ccc(OCC(=O)NCC(c2ccccc2Cl)N2CCOCC2)cc1.Cc1ccc(OCC(=O)NCC(c2ccccc2Cl)N2CCOCC2)cc1.Cc1ccc(OCC(=O)NCC(c2ccccc2Cl)N2CCOCC2)cc1.Cc1ccc(OCC(=O)NCC(c2ccccc2Cl)N2CCOCC2)cc1.Cl.Cl.Cl.Cl.Cl. The van der Waals surface area contributed by atoms with Gasteiger partial charge in [0.1, 0.15) is 28.7 Å². The lowest BCUT2D eigenvalue weighted by molar-refractivity contribution is -0.124. The molecule has 36 heteroatoms. The Labute approximate surface area is 911 Å². The normalized spacial score (nSPS) is 15.1. The summed E-state index contributed by atoms with van der Waals surface area (Å²) in [7, 11) is 0. The summed E-state index contributed by atoms with van der Waals surface area (Å²) in [5, 5.41) is 18.4. The van der Waals surface area contributed by atoms with Gasteiger partial charge in [0.25, 0.3) is 29.5 Å². The van der Waals surface area contributed by atoms with Crippen molar-refractivity contribution in [3.05, 3.63) is 323 Å². The molecule has 5 aliphatic rings. The van der Waals surface area contributed by atoms with Crippen LogP contribution in [0.15, 0.2) is 243 Å². The van der Waals surface area contributed by atoms with Crippen LogP contribution in [0.25, 0.3) is 0 Å². The number of carbonyl (C=O) groups excluding carboxylic acids is 5. The third-order valence-corrected chi connectivity index (χ3v) is 25.3. The Morgan fingerprint density at radius 2 is 0.393 bits per heavy atom. The maximum atomic E-state index is 12.3. The molecular formula is C109H140Cl10N10O16. The number of morpholine rings is 5. The molecule has 0 aromatic heterocycles. The van der Waals surface area contributed by atoms with Crippen molar-refractivity contribution in [1.29, 1.82) is 0 Å². The standard InChI is InChI=1S/5C21H25ClN2O3.C4H10O.5ClH/c5*1-16-6-8-17(9-7-16)27-15-21(25)23-14-20(24-10-12-26-13-11-24)18-4-2-3-5-19(18)22;1-3-5-4-2;;;;;/h5*2-9,20H,10-15H2,1H3,(H,23,25);3-4H2,1-2H3;5*1H. The van der Waals surface area contributed by atoms with Crippen molar-refractivity contribution in [1.82, 2.24) is 51.1 Å². The van der Waals surface area contributed by atoms with E-state index >= 15 is 0 Å². The number of hydrogen-bond donors (Lipinski definition) is 5. The molecule has 0 aliphatic carbocycles. The van der Waals surface area contributed by atoms with Crippen LogP contribution in [0, 0.1) is 34.6 Å². The molecule has 5 fully saturated rings. The number of nitrogens with one attached hydrogen (secondary N) is 5. The van der Waals surface area contributed by atoms with E-state index in [2.05, 4.69) is 51.1 Å². The molecule has 0 radical (unpaired) electrons. The van der Waals surface area contributed by atoms with E-state index < -0.39 is 0 Å². The minimum atomic E-state index is -0.152. The van der Waals surface area contributed by atoms with E-state index in [9.17, 15) is 24.0 Å². The molecule has 5 heterocycles. The van der Waals surface area contributed by atoms with E-state index in [0.717, 1.165) is 134 Å². The zero-order valence-corrected chi connectivity index (χ0v) is 91.2. The van der Waals surface area contributed by atoms with Gasteiger partial charge in [-0.15, -0.1) is 62.0 Å². The topological polar surface area (TPSA) is 263 Å². The van der Waals surface area contributed by atoms with Crippen LogP contribution in [0.3, 0.4) is 0 Å². The molecule has 5 amide bonds. The number of amides is 5. The van der Waals surface area contributed by atoms with Crippen LogP contribution in [0.4, 0.5) is 0 Å². The monoisotopic (exact) mass is 2190 g/mol. The molecule has 5 atom stereocenters. The van der Waals surface area contributed by atoms with Crippen LogP contribution in [0.1, 0.15) is 99.7 Å². The quantitative estimate of drug-likeness (QED) is 0.0242. The summed E-state index contributed by atoms with van der Waals surface area (Å²) in [5.41, 5.74) is 10.8. The van der Waals surface area contributed by atoms with Crippen LogP contribution < -0.4 is 50.3 Å². The number of halogens is 10. The Balaban J connectivity index is 0.000000312. The Hall–Kier alpha value is -8.99. The van der Waals surface area contributed by atoms with Crippen molar-refractivity contribution < 1.29 is 76.1 Å². The van der Waals surface area contributed by atoms with E-state index in [1.54, 1.807) is 0 Å². The van der Waals surface area contributed by atoms with Crippen LogP contribution in [0.5, 0.6) is 28.7 Å². The highest BCUT2D eigenvalue weighted by molar-refractivity contribution is 6.32. The fourth-order valence-corrected chi connectivity index (χ4v) is 17.1. The maximum Gasteiger partial charge on any atom is 0.258 e. The van der Waals surface area contributed by atoms with Crippen LogP contribution in [-0.2, 0) is 52.4 Å². The lowest BCUT2D eigenvalue weighted by atomic mass is 10.0. The number of ether oxygens (including phenoxy) is 11. The molecule has 0 saturated carbocycles. The third-order valence-electron chi connectivity index (χ3n) is 23.6. The van der Waals surface area contributed by atoms with Crippen molar-refractivity contribution in [2.24, 2.45) is 0 Å². The van der Waals surface area contributed by atoms with Gasteiger partial charge >= 0.3 is 0 Å². The van der Waals surface area contributed by atoms with Crippen molar-refractivity contribution in [2.45, 2.75) is 78.7 Å². The summed E-state index contributed by atoms with van der Waals surface area (Å²) >= 11 is 32.1. The fraction of sp³-hybridized carbons (Fsp3) is 0.404. The van der Waals surface area contributed by atoms with Gasteiger partial charge in [0.15, 0.2) is 33.0 Å². The highest BCUT2D eigenvalue weighted by Gasteiger charge is 2.31. The van der Waals surface area contributed by atoms with Gasteiger partial charge < -0.3 is 78.7 Å². The first-order valence-corrected chi connectivity index (χ1v) is 49.7. The molecule has 10 aromatic carbocycles. The molecule has 15 rings (SSSR count). The van der Waals surface area contributed by atoms with Gasteiger partial charge in [-0.25, -0.2) is 0 Å². The summed E-state index contributed by atoms with van der Waals surface area (Å²) in [6.45, 7) is 33.0. The molecule has 5 unspecified atom stereocenters. The fourth-order valence-electron chi connectivity index (χ4n) is 15.8. The lowest BCUT2D eigenvalue weighted by Crippen LogP contribution is -2.44. The van der Waals surface area contributed by atoms with Crippen LogP contribution in [0.2, 0.25) is 25.1 Å². The number of nitrogens with zero attached hydrogens (tertiary/aromatic N) is 5. The number of hydrogen-bond acceptors (Lipinski definition) is 21. The predicted octanol–water partition coefficient (Wildman–Crippen LogP) is 19.2. The van der Waals surface area contributed by atoms with Gasteiger partial charge in [0.05, 0.1) is 96.3 Å². The minimum absolute atomic E-state index is 0. The van der Waals surface area contributed by atoms with E-state index in [4.69, 9.17) is 110 Å². The molecule has 792 valence electrons. The van der Waals surface area contributed by atoms with Crippen LogP contribution >= 0.6 is 120 Å². The number of aryl methyl sites for hydroxylation is 5. The minimum Gasteiger partial charge on any atom is -0.484 e. The average molecular weight is 2200 g/mol. The first-order valence-electron chi connectivity index (χ1n) is 47.8. The second kappa shape index (κ2) is 71.6. The predicted molar refractivity (Wildman–Crippen MR) is 590 cm³/mol. The van der Waals surface area contributed by atoms with Crippen molar-refractivity contribution >= 4 is 150 Å². The van der Waals surface area contributed by atoms with Crippen molar-refractivity contribution in [3.63, 3.8) is 0 Å². The molecule has 0 bridgehead atoms. The summed E-state index contributed by atoms with van der Waals surface area (Å²) in [6.07, 6.45) is 0. The summed E-state index contributed by atoms with van der Waals surface area (Å²) in [4.78, 5) is 72.9. The largest absolute Gasteiger partial charge is 0.484 e. The number of benzene rings is 10. The Kier molecular flexibility index (Phi) is 62.5. The average Bonchev–Trinajstić information content (AvgIpc) is 0.846. The molecule has 5 saturated heterocycles. The molecule has 0 spiro atoms. The highest BCUT2D eigenvalue weighted by atomic mass is 35.5. The molecular weight excluding hydrogens is 2060 g/mol. The smallest absolute Gasteiger partial charge is 0.258 e. The maximum absolute atomic E-state index is 12.3. The van der Waals surface area contributed by atoms with Gasteiger partial charge in [-0.3, -0.25) is 48.5 Å². The summed E-state index contributed by atoms with van der Waals surface area (Å²) < 4.78 is 59.9. The lowest BCUT2D eigenvalue weighted by Gasteiger charge is -2.35. The molecule has 5 N–H and O–H groups in total. The summed E-state index contributed by atoms with van der Waals surface area (Å²) in [6, 6.07) is 77.1. The first kappa shape index (κ1) is 126. The molecule has 145 heavy (non-hydrogen) atoms. The van der Waals surface area contributed by atoms with Gasteiger partial charge in [-0.05, 0) is 167 Å². The van der Waals surface area contributed by atoms with Gasteiger partial charge in [0.2, 0.25) is 0 Å². The Bertz CT molecular complexity index is 4560. The van der Waals surface area contributed by atoms with Crippen LogP contribution in [-0.4, -0.2) is 265 Å². The first-order chi connectivity index (χ1) is 68.1. The van der Waals surface area contributed by atoms with Crippen molar-refractivity contribution in [3.8, 4) is 28.7 Å². The zero-order chi connectivity index (χ0) is 99.4. The Morgan fingerprint density at radius 1 is 0.248 bits per heavy atom. The number of carbonyl (C=O) groups is 5. The van der Waals surface area contributed by atoms with Gasteiger partial charge in [0, 0.05) is 136 Å². The van der Waals surface area contributed by atoms with Gasteiger partial charge in [-0.2, -0.15) is 0 Å². The number of rotatable bonds is 37. The Morgan fingerprint density at radius 3 is 0.524 bits per heavy atom. The zero-order valence-electron chi connectivity index (χ0n) is 83.3. The second-order valence-corrected chi connectivity index (χ2v) is 35.8. The van der Waals surface area contributed by atoms with E-state index in [-0.39, 0.29) is 155 Å². The second-order valence-electron chi connectivity index (χ2n) is 33.7. The molecule has 5 aliphatic heterocycles. The van der Waals surface area contributed by atoms with E-state index in [1.807, 2.05) is 291 Å². The van der Waals surface area contributed by atoms with Gasteiger partial charge in [-0.1, -0.05) is 237 Å². The molecule has 26 nitrogen and oxygen atoms in total.